The molecule has 0 aromatic carbocycles. The van der Waals surface area contributed by atoms with Gasteiger partial charge in [0.15, 0.2) is 0 Å². The molecule has 0 heterocycles. The molecule has 0 bridgehead atoms. The Kier molecular flexibility index (Phi) is 5.33. The van der Waals surface area contributed by atoms with Crippen LogP contribution in [0.25, 0.3) is 0 Å². The van der Waals surface area contributed by atoms with Gasteiger partial charge in [-0.05, 0) is 24.7 Å². The lowest BCUT2D eigenvalue weighted by molar-refractivity contribution is -0.131. The Morgan fingerprint density at radius 3 is 0.917 bits per heavy atom. The lowest BCUT2D eigenvalue weighted by Gasteiger charge is -2.24. The molecule has 0 aromatic heterocycles. The van der Waals surface area contributed by atoms with Gasteiger partial charge < -0.3 is 0 Å². The van der Waals surface area contributed by atoms with Gasteiger partial charge in [-0.3, -0.25) is 40.9 Å². The summed E-state index contributed by atoms with van der Waals surface area (Å²) in [6.45, 7) is 0. The molecule has 2 fully saturated rings. The van der Waals surface area contributed by atoms with Crippen molar-refractivity contribution in [2.24, 2.45) is 58.9 Å². The van der Waals surface area contributed by atoms with E-state index < -0.39 is 59.1 Å². The summed E-state index contributed by atoms with van der Waals surface area (Å²) in [6, 6.07) is 0. The molecule has 4 amide bonds. The van der Waals surface area contributed by atoms with E-state index in [1.165, 1.54) is 0 Å². The van der Waals surface area contributed by atoms with Gasteiger partial charge in [0.25, 0.3) is 0 Å². The number of fused-ring (bicyclic) bond motifs is 1. The third kappa shape index (κ3) is 2.80. The number of carbonyl (C=O) groups excluding carboxylic acids is 4. The molecule has 0 spiro atoms. The number of hydrogen-bond donors (Lipinski definition) is 8. The van der Waals surface area contributed by atoms with Crippen LogP contribution >= 0.6 is 0 Å². The molecule has 0 aromatic rings. The van der Waals surface area contributed by atoms with E-state index in [0.29, 0.717) is 0 Å². The van der Waals surface area contributed by atoms with Crippen molar-refractivity contribution in [2.45, 2.75) is 12.8 Å². The quantitative estimate of drug-likeness (QED) is 0.141. The number of amides is 4. The van der Waals surface area contributed by atoms with Crippen LogP contribution in [0.2, 0.25) is 0 Å². The average Bonchev–Trinajstić information content (AvgIpc) is 3.17. The highest BCUT2D eigenvalue weighted by Gasteiger charge is 2.61. The van der Waals surface area contributed by atoms with E-state index in [-0.39, 0.29) is 12.8 Å². The zero-order chi connectivity index (χ0) is 18.0. The maximum atomic E-state index is 12.1. The predicted molar refractivity (Wildman–Crippen MR) is 79.5 cm³/mol. The highest BCUT2D eigenvalue weighted by molar-refractivity contribution is 5.89. The SMILES string of the molecule is NNC(=O)[C@H]1C[C@@H](C(=O)NN)C2C1[C@@H](C(=O)NN)C[C@H]2C(=O)NN. The van der Waals surface area contributed by atoms with Gasteiger partial charge in [-0.2, -0.15) is 0 Å². The number of rotatable bonds is 4. The molecule has 2 rings (SSSR count). The van der Waals surface area contributed by atoms with Crippen molar-refractivity contribution in [3.63, 3.8) is 0 Å². The van der Waals surface area contributed by atoms with Crippen LogP contribution in [-0.2, 0) is 19.2 Å². The standard InChI is InChI=1S/C12H22N8O4/c13-17-9(21)3-1-4(10(22)18-14)8-6(12(24)20-16)2-5(7(3)8)11(23)19-15/h3-8H,1-2,13-16H2,(H,17,21)(H,18,22)(H,19,23)(H,20,24)/t3-,4+,5-,6+,7?,8?. The van der Waals surface area contributed by atoms with Crippen LogP contribution in [0.5, 0.6) is 0 Å². The molecule has 0 radical (unpaired) electrons. The fourth-order valence-electron chi connectivity index (χ4n) is 4.36. The number of nitrogens with one attached hydrogen (secondary N) is 4. The Morgan fingerprint density at radius 2 is 0.750 bits per heavy atom. The third-order valence-corrected chi connectivity index (χ3v) is 5.23. The summed E-state index contributed by atoms with van der Waals surface area (Å²) >= 11 is 0. The summed E-state index contributed by atoms with van der Waals surface area (Å²) in [6.07, 6.45) is 0.230. The first-order valence-electron chi connectivity index (χ1n) is 7.43. The van der Waals surface area contributed by atoms with Crippen molar-refractivity contribution >= 4 is 23.6 Å². The van der Waals surface area contributed by atoms with Gasteiger partial charge in [-0.15, -0.1) is 0 Å². The van der Waals surface area contributed by atoms with Gasteiger partial charge in [0, 0.05) is 23.7 Å². The molecule has 4 atom stereocenters. The normalized spacial score (nSPS) is 34.2. The maximum Gasteiger partial charge on any atom is 0.237 e. The summed E-state index contributed by atoms with van der Waals surface area (Å²) in [5, 5.41) is 0. The minimum Gasteiger partial charge on any atom is -0.294 e. The molecular formula is C12H22N8O4. The molecule has 0 unspecified atom stereocenters. The minimum absolute atomic E-state index is 0.115. The Bertz CT molecular complexity index is 463. The molecule has 2 saturated carbocycles. The second-order valence-electron chi connectivity index (χ2n) is 6.09. The largest absolute Gasteiger partial charge is 0.294 e. The van der Waals surface area contributed by atoms with E-state index in [1.807, 2.05) is 21.7 Å². The maximum absolute atomic E-state index is 12.1. The zero-order valence-corrected chi connectivity index (χ0v) is 12.8. The molecule has 12 nitrogen and oxygen atoms in total. The molecular weight excluding hydrogens is 320 g/mol. The summed E-state index contributed by atoms with van der Waals surface area (Å²) < 4.78 is 0. The van der Waals surface area contributed by atoms with E-state index in [9.17, 15) is 19.2 Å². The van der Waals surface area contributed by atoms with Crippen molar-refractivity contribution in [1.29, 1.82) is 0 Å². The first kappa shape index (κ1) is 18.1. The van der Waals surface area contributed by atoms with Gasteiger partial charge in [-0.25, -0.2) is 23.4 Å². The Labute approximate surface area is 137 Å². The Balaban J connectivity index is 2.46. The van der Waals surface area contributed by atoms with Gasteiger partial charge >= 0.3 is 0 Å². The van der Waals surface area contributed by atoms with Crippen molar-refractivity contribution in [1.82, 2.24) is 21.7 Å². The van der Waals surface area contributed by atoms with Crippen molar-refractivity contribution in [3.8, 4) is 0 Å². The second-order valence-corrected chi connectivity index (χ2v) is 6.09. The van der Waals surface area contributed by atoms with E-state index in [1.54, 1.807) is 0 Å². The molecule has 12 heteroatoms. The van der Waals surface area contributed by atoms with Gasteiger partial charge in [0.2, 0.25) is 23.6 Å². The van der Waals surface area contributed by atoms with Crippen LogP contribution in [0.15, 0.2) is 0 Å². The van der Waals surface area contributed by atoms with Gasteiger partial charge in [-0.1, -0.05) is 0 Å². The average molecular weight is 342 g/mol. The molecule has 0 saturated heterocycles. The van der Waals surface area contributed by atoms with Crippen molar-refractivity contribution in [3.05, 3.63) is 0 Å². The van der Waals surface area contributed by atoms with E-state index in [0.717, 1.165) is 0 Å². The van der Waals surface area contributed by atoms with Crippen LogP contribution in [0.4, 0.5) is 0 Å². The van der Waals surface area contributed by atoms with Gasteiger partial charge in [0.1, 0.15) is 0 Å². The fourth-order valence-corrected chi connectivity index (χ4v) is 4.36. The third-order valence-electron chi connectivity index (χ3n) is 5.23. The molecule has 2 aliphatic carbocycles. The second kappa shape index (κ2) is 7.09. The summed E-state index contributed by atoms with van der Waals surface area (Å²) in [5.74, 6) is 14.8. The molecule has 24 heavy (non-hydrogen) atoms. The van der Waals surface area contributed by atoms with Crippen LogP contribution in [0, 0.1) is 35.5 Å². The number of hydrogen-bond acceptors (Lipinski definition) is 8. The summed E-state index contributed by atoms with van der Waals surface area (Å²) in [7, 11) is 0. The Morgan fingerprint density at radius 1 is 0.542 bits per heavy atom. The summed E-state index contributed by atoms with van der Waals surface area (Å²) in [4.78, 5) is 48.5. The van der Waals surface area contributed by atoms with Crippen molar-refractivity contribution in [2.75, 3.05) is 0 Å². The molecule has 12 N–H and O–H groups in total. The zero-order valence-electron chi connectivity index (χ0n) is 12.8. The van der Waals surface area contributed by atoms with E-state index in [4.69, 9.17) is 23.4 Å². The highest BCUT2D eigenvalue weighted by Crippen LogP contribution is 2.56. The highest BCUT2D eigenvalue weighted by atomic mass is 16.2. The molecule has 2 aliphatic rings. The fraction of sp³-hybridized carbons (Fsp3) is 0.667. The predicted octanol–water partition coefficient (Wildman–Crippen LogP) is -4.55. The first-order valence-corrected chi connectivity index (χ1v) is 7.43. The minimum atomic E-state index is -0.722. The number of carbonyl (C=O) groups is 4. The lowest BCUT2D eigenvalue weighted by Crippen LogP contribution is -2.43. The molecule has 0 aliphatic heterocycles. The monoisotopic (exact) mass is 342 g/mol. The van der Waals surface area contributed by atoms with Gasteiger partial charge in [0.05, 0.1) is 0 Å². The number of nitrogens with two attached hydrogens (primary N) is 4. The van der Waals surface area contributed by atoms with E-state index >= 15 is 0 Å². The smallest absolute Gasteiger partial charge is 0.237 e. The van der Waals surface area contributed by atoms with Crippen LogP contribution < -0.4 is 45.1 Å². The van der Waals surface area contributed by atoms with Crippen LogP contribution in [0.1, 0.15) is 12.8 Å². The van der Waals surface area contributed by atoms with Crippen LogP contribution in [-0.4, -0.2) is 23.6 Å². The van der Waals surface area contributed by atoms with E-state index in [2.05, 4.69) is 0 Å². The lowest BCUT2D eigenvalue weighted by atomic mass is 9.81. The molecule has 134 valence electrons. The van der Waals surface area contributed by atoms with Crippen LogP contribution in [0.3, 0.4) is 0 Å². The number of hydrazine groups is 4. The van der Waals surface area contributed by atoms with Crippen molar-refractivity contribution < 1.29 is 19.2 Å². The topological polar surface area (TPSA) is 220 Å². The first-order chi connectivity index (χ1) is 11.4. The summed E-state index contributed by atoms with van der Waals surface area (Å²) in [5.41, 5.74) is 8.17. The Hall–Kier alpha value is -2.28.